The highest BCUT2D eigenvalue weighted by Crippen LogP contribution is 2.37. The Kier molecular flexibility index (Phi) is 4.53. The Morgan fingerprint density at radius 1 is 1.26 bits per heavy atom. The first-order valence-corrected chi connectivity index (χ1v) is 7.88. The maximum absolute atomic E-state index is 9.48. The highest BCUT2D eigenvalue weighted by molar-refractivity contribution is 5.07. The van der Waals surface area contributed by atoms with Crippen LogP contribution in [0.3, 0.4) is 0 Å². The first kappa shape index (κ1) is 14.8. The van der Waals surface area contributed by atoms with Gasteiger partial charge in [-0.05, 0) is 65.7 Å². The lowest BCUT2D eigenvalue weighted by molar-refractivity contribution is 0.158. The molecule has 1 N–H and O–H groups in total. The molecule has 0 saturated heterocycles. The first-order valence-electron chi connectivity index (χ1n) is 7.88. The van der Waals surface area contributed by atoms with Crippen LogP contribution in [-0.4, -0.2) is 35.1 Å². The fraction of sp³-hybridized carbons (Fsp3) is 0.938. The van der Waals surface area contributed by atoms with E-state index in [1.54, 1.807) is 0 Å². The molecule has 0 aromatic rings. The summed E-state index contributed by atoms with van der Waals surface area (Å²) in [6.45, 7) is 9.84. The largest absolute Gasteiger partial charge is 0.297 e. The Hall–Kier alpha value is -0.590. The van der Waals surface area contributed by atoms with E-state index in [0.717, 1.165) is 18.4 Å². The van der Waals surface area contributed by atoms with E-state index >= 15 is 0 Å². The van der Waals surface area contributed by atoms with Gasteiger partial charge in [-0.15, -0.1) is 0 Å². The zero-order valence-corrected chi connectivity index (χ0v) is 12.9. The summed E-state index contributed by atoms with van der Waals surface area (Å²) in [5.74, 6) is 0.939. The van der Waals surface area contributed by atoms with Crippen molar-refractivity contribution in [1.82, 2.24) is 10.2 Å². The molecule has 0 spiro atoms. The second-order valence-corrected chi connectivity index (χ2v) is 7.17. The normalized spacial score (nSPS) is 24.3. The molecule has 2 saturated carbocycles. The van der Waals surface area contributed by atoms with Crippen LogP contribution in [0.1, 0.15) is 59.8 Å². The number of hydrogen-bond acceptors (Lipinski definition) is 3. The molecule has 2 rings (SSSR count). The lowest BCUT2D eigenvalue weighted by atomic mass is 9.93. The molecule has 2 unspecified atom stereocenters. The van der Waals surface area contributed by atoms with Crippen LogP contribution in [0.25, 0.3) is 0 Å². The van der Waals surface area contributed by atoms with E-state index in [9.17, 15) is 5.26 Å². The van der Waals surface area contributed by atoms with Gasteiger partial charge in [0, 0.05) is 24.7 Å². The third-order valence-electron chi connectivity index (χ3n) is 4.31. The molecule has 0 bridgehead atoms. The lowest BCUT2D eigenvalue weighted by Crippen LogP contribution is -2.50. The smallest absolute Gasteiger partial charge is 0.105 e. The molecule has 0 heterocycles. The van der Waals surface area contributed by atoms with E-state index in [2.05, 4.69) is 37.1 Å². The van der Waals surface area contributed by atoms with Crippen LogP contribution in [0.15, 0.2) is 0 Å². The van der Waals surface area contributed by atoms with E-state index < -0.39 is 5.54 Å². The van der Waals surface area contributed by atoms with E-state index in [1.807, 2.05) is 6.92 Å². The van der Waals surface area contributed by atoms with Crippen molar-refractivity contribution >= 4 is 0 Å². The third kappa shape index (κ3) is 4.47. The van der Waals surface area contributed by atoms with Gasteiger partial charge < -0.3 is 0 Å². The van der Waals surface area contributed by atoms with E-state index in [4.69, 9.17) is 0 Å². The molecule has 19 heavy (non-hydrogen) atoms. The van der Waals surface area contributed by atoms with Crippen LogP contribution in [0, 0.1) is 17.2 Å². The van der Waals surface area contributed by atoms with Gasteiger partial charge in [0.05, 0.1) is 6.07 Å². The summed E-state index contributed by atoms with van der Waals surface area (Å²) in [7, 11) is 0. The molecule has 2 fully saturated rings. The number of hydrogen-bond donors (Lipinski definition) is 1. The second kappa shape index (κ2) is 5.81. The predicted molar refractivity (Wildman–Crippen MR) is 78.8 cm³/mol. The van der Waals surface area contributed by atoms with Gasteiger partial charge in [-0.2, -0.15) is 5.26 Å². The molecule has 2 atom stereocenters. The second-order valence-electron chi connectivity index (χ2n) is 7.17. The molecule has 0 aromatic carbocycles. The Morgan fingerprint density at radius 2 is 1.89 bits per heavy atom. The van der Waals surface area contributed by atoms with E-state index in [0.29, 0.717) is 12.1 Å². The summed E-state index contributed by atoms with van der Waals surface area (Å²) in [6, 6.07) is 4.15. The number of nitriles is 1. The highest BCUT2D eigenvalue weighted by Gasteiger charge is 2.38. The minimum absolute atomic E-state index is 0.356. The van der Waals surface area contributed by atoms with Crippen LogP contribution in [-0.2, 0) is 0 Å². The molecule has 3 heteroatoms. The van der Waals surface area contributed by atoms with Crippen LogP contribution in [0.2, 0.25) is 0 Å². The molecule has 2 aliphatic carbocycles. The molecular weight excluding hydrogens is 234 g/mol. The van der Waals surface area contributed by atoms with Crippen molar-refractivity contribution in [3.05, 3.63) is 0 Å². The first-order chi connectivity index (χ1) is 8.93. The van der Waals surface area contributed by atoms with Gasteiger partial charge in [0.25, 0.3) is 0 Å². The average Bonchev–Trinajstić information content (AvgIpc) is 3.16. The van der Waals surface area contributed by atoms with Gasteiger partial charge in [0.2, 0.25) is 0 Å². The van der Waals surface area contributed by atoms with Crippen molar-refractivity contribution in [2.75, 3.05) is 6.54 Å². The Labute approximate surface area is 118 Å². The molecule has 0 amide bonds. The number of nitrogens with zero attached hydrogens (tertiary/aromatic N) is 2. The lowest BCUT2D eigenvalue weighted by Gasteiger charge is -2.35. The van der Waals surface area contributed by atoms with Gasteiger partial charge in [-0.3, -0.25) is 10.2 Å². The van der Waals surface area contributed by atoms with Crippen molar-refractivity contribution in [3.8, 4) is 6.07 Å². The van der Waals surface area contributed by atoms with Crippen LogP contribution in [0.4, 0.5) is 0 Å². The summed E-state index contributed by atoms with van der Waals surface area (Å²) in [5.41, 5.74) is -0.399. The molecule has 0 radical (unpaired) electrons. The fourth-order valence-electron chi connectivity index (χ4n) is 3.18. The average molecular weight is 263 g/mol. The van der Waals surface area contributed by atoms with Crippen molar-refractivity contribution in [2.24, 2.45) is 5.92 Å². The maximum Gasteiger partial charge on any atom is 0.105 e. The molecule has 0 aromatic heterocycles. The summed E-state index contributed by atoms with van der Waals surface area (Å²) in [5, 5.41) is 12.9. The summed E-state index contributed by atoms with van der Waals surface area (Å²) in [6.07, 6.45) is 6.46. The maximum atomic E-state index is 9.48. The number of nitrogens with one attached hydrogen (secondary N) is 1. The highest BCUT2D eigenvalue weighted by atomic mass is 15.2. The van der Waals surface area contributed by atoms with Gasteiger partial charge in [-0.25, -0.2) is 0 Å². The summed E-state index contributed by atoms with van der Waals surface area (Å²) >= 11 is 0. The Morgan fingerprint density at radius 3 is 2.32 bits per heavy atom. The third-order valence-corrected chi connectivity index (χ3v) is 4.31. The van der Waals surface area contributed by atoms with Gasteiger partial charge in [0.1, 0.15) is 5.54 Å². The van der Waals surface area contributed by atoms with Gasteiger partial charge in [-0.1, -0.05) is 0 Å². The topological polar surface area (TPSA) is 39.1 Å². The van der Waals surface area contributed by atoms with Crippen molar-refractivity contribution in [3.63, 3.8) is 0 Å². The van der Waals surface area contributed by atoms with Crippen molar-refractivity contribution in [1.29, 1.82) is 5.26 Å². The quantitative estimate of drug-likeness (QED) is 0.732. The molecule has 108 valence electrons. The summed E-state index contributed by atoms with van der Waals surface area (Å²) in [4.78, 5) is 2.68. The molecule has 0 aliphatic heterocycles. The molecule has 2 aliphatic rings. The molecular formula is C16H29N3. The fourth-order valence-corrected chi connectivity index (χ4v) is 3.18. The Balaban J connectivity index is 1.92. The van der Waals surface area contributed by atoms with E-state index in [1.165, 1.54) is 32.2 Å². The zero-order valence-electron chi connectivity index (χ0n) is 12.9. The van der Waals surface area contributed by atoms with Gasteiger partial charge in [0.15, 0.2) is 0 Å². The zero-order chi connectivity index (χ0) is 14.0. The van der Waals surface area contributed by atoms with Crippen LogP contribution in [0.5, 0.6) is 0 Å². The minimum atomic E-state index is -0.399. The van der Waals surface area contributed by atoms with Gasteiger partial charge >= 0.3 is 0 Å². The monoisotopic (exact) mass is 263 g/mol. The van der Waals surface area contributed by atoms with Crippen LogP contribution < -0.4 is 5.32 Å². The van der Waals surface area contributed by atoms with Crippen molar-refractivity contribution < 1.29 is 0 Å². The standard InChI is InChI=1S/C16H29N3/c1-12(2)18-16(4,11-17)9-13(3)19(15-7-8-15)10-14-5-6-14/h12-15,18H,5-10H2,1-4H3. The van der Waals surface area contributed by atoms with E-state index in [-0.39, 0.29) is 0 Å². The summed E-state index contributed by atoms with van der Waals surface area (Å²) < 4.78 is 0. The predicted octanol–water partition coefficient (Wildman–Crippen LogP) is 2.92. The van der Waals surface area contributed by atoms with Crippen molar-refractivity contribution in [2.45, 2.75) is 83.5 Å². The molecule has 3 nitrogen and oxygen atoms in total. The minimum Gasteiger partial charge on any atom is -0.297 e. The number of rotatable bonds is 8. The SMILES string of the molecule is CC(C)NC(C)(C#N)CC(C)N(CC1CC1)C1CC1. The Bertz CT molecular complexity index is 338. The van der Waals surface area contributed by atoms with Crippen LogP contribution >= 0.6 is 0 Å².